The monoisotopic (exact) mass is 299 g/mol. The van der Waals surface area contributed by atoms with E-state index in [4.69, 9.17) is 10.00 Å². The summed E-state index contributed by atoms with van der Waals surface area (Å²) >= 11 is 0. The Kier molecular flexibility index (Phi) is 3.82. The van der Waals surface area contributed by atoms with E-state index in [0.717, 1.165) is 6.42 Å². The van der Waals surface area contributed by atoms with Crippen LogP contribution in [0.25, 0.3) is 0 Å². The number of amides is 2. The molecule has 1 N–H and O–H groups in total. The third-order valence-electron chi connectivity index (χ3n) is 4.38. The van der Waals surface area contributed by atoms with E-state index in [0.29, 0.717) is 24.3 Å². The molecule has 0 aliphatic carbocycles. The molecule has 114 valence electrons. The second-order valence-electron chi connectivity index (χ2n) is 5.56. The second kappa shape index (κ2) is 5.78. The number of hydrogen-bond donors (Lipinski definition) is 1. The van der Waals surface area contributed by atoms with E-state index in [-0.39, 0.29) is 29.9 Å². The van der Waals surface area contributed by atoms with Gasteiger partial charge in [-0.1, -0.05) is 6.07 Å². The molecule has 2 saturated heterocycles. The van der Waals surface area contributed by atoms with Gasteiger partial charge in [-0.25, -0.2) is 0 Å². The first-order valence-corrected chi connectivity index (χ1v) is 7.30. The minimum absolute atomic E-state index is 0.0689. The van der Waals surface area contributed by atoms with Gasteiger partial charge in [0.05, 0.1) is 29.7 Å². The number of rotatable bonds is 2. The summed E-state index contributed by atoms with van der Waals surface area (Å²) in [5.74, 6) is -0.581. The molecule has 3 rings (SSSR count). The predicted molar refractivity (Wildman–Crippen MR) is 77.9 cm³/mol. The van der Waals surface area contributed by atoms with Gasteiger partial charge in [0.2, 0.25) is 5.91 Å². The maximum atomic E-state index is 12.7. The molecule has 2 fully saturated rings. The van der Waals surface area contributed by atoms with Crippen molar-refractivity contribution in [2.24, 2.45) is 5.92 Å². The van der Waals surface area contributed by atoms with Crippen LogP contribution in [0.3, 0.4) is 0 Å². The number of nitrogens with one attached hydrogen (secondary N) is 1. The van der Waals surface area contributed by atoms with Crippen LogP contribution in [-0.2, 0) is 9.53 Å². The smallest absolute Gasteiger partial charge is 0.254 e. The quantitative estimate of drug-likeness (QED) is 0.864. The minimum Gasteiger partial charge on any atom is -0.375 e. The Balaban J connectivity index is 1.86. The Morgan fingerprint density at radius 3 is 3.00 bits per heavy atom. The zero-order valence-electron chi connectivity index (χ0n) is 12.3. The third-order valence-corrected chi connectivity index (χ3v) is 4.38. The van der Waals surface area contributed by atoms with E-state index in [1.165, 1.54) is 0 Å². The van der Waals surface area contributed by atoms with Crippen LogP contribution in [0.5, 0.6) is 0 Å². The van der Waals surface area contributed by atoms with Gasteiger partial charge in [0.15, 0.2) is 0 Å². The molecule has 0 saturated carbocycles. The molecule has 1 aromatic rings. The molecule has 22 heavy (non-hydrogen) atoms. The van der Waals surface area contributed by atoms with Gasteiger partial charge in [-0.05, 0) is 24.6 Å². The van der Waals surface area contributed by atoms with E-state index in [1.54, 1.807) is 36.2 Å². The van der Waals surface area contributed by atoms with Crippen molar-refractivity contribution >= 4 is 11.8 Å². The Bertz CT molecular complexity index is 652. The fourth-order valence-electron chi connectivity index (χ4n) is 3.31. The van der Waals surface area contributed by atoms with Crippen molar-refractivity contribution < 1.29 is 14.3 Å². The summed E-state index contributed by atoms with van der Waals surface area (Å²) in [4.78, 5) is 26.4. The predicted octanol–water partition coefficient (Wildman–Crippen LogP) is 0.534. The fraction of sp³-hybridized carbons (Fsp3) is 0.438. The van der Waals surface area contributed by atoms with Crippen LogP contribution in [0.2, 0.25) is 0 Å². The van der Waals surface area contributed by atoms with E-state index < -0.39 is 0 Å². The first kappa shape index (κ1) is 14.5. The summed E-state index contributed by atoms with van der Waals surface area (Å²) < 4.78 is 5.67. The number of nitriles is 1. The first-order chi connectivity index (χ1) is 10.7. The number of carbonyl (C=O) groups excluding carboxylic acids is 2. The number of hydrogen-bond acceptors (Lipinski definition) is 4. The molecule has 0 aromatic heterocycles. The highest BCUT2D eigenvalue weighted by Gasteiger charge is 2.50. The number of carbonyl (C=O) groups is 2. The Hall–Kier alpha value is -2.39. The van der Waals surface area contributed by atoms with Crippen LogP contribution < -0.4 is 5.32 Å². The number of benzene rings is 1. The van der Waals surface area contributed by atoms with Gasteiger partial charge in [-0.15, -0.1) is 0 Å². The summed E-state index contributed by atoms with van der Waals surface area (Å²) in [5.41, 5.74) is 0.925. The van der Waals surface area contributed by atoms with Gasteiger partial charge in [0.1, 0.15) is 0 Å². The van der Waals surface area contributed by atoms with Crippen molar-refractivity contribution in [3.63, 3.8) is 0 Å². The Morgan fingerprint density at radius 2 is 2.27 bits per heavy atom. The molecular formula is C16H17N3O3. The second-order valence-corrected chi connectivity index (χ2v) is 5.56. The lowest BCUT2D eigenvalue weighted by molar-refractivity contribution is -0.127. The van der Waals surface area contributed by atoms with Gasteiger partial charge in [-0.3, -0.25) is 9.59 Å². The molecule has 3 atom stereocenters. The number of fused-ring (bicyclic) bond motifs is 1. The average Bonchev–Trinajstić information content (AvgIpc) is 3.15. The van der Waals surface area contributed by atoms with Gasteiger partial charge in [-0.2, -0.15) is 5.26 Å². The summed E-state index contributed by atoms with van der Waals surface area (Å²) in [6.45, 7) is 0.912. The largest absolute Gasteiger partial charge is 0.375 e. The molecule has 1 aromatic carbocycles. The lowest BCUT2D eigenvalue weighted by atomic mass is 10.0. The molecule has 6 heteroatoms. The van der Waals surface area contributed by atoms with Crippen LogP contribution >= 0.6 is 0 Å². The van der Waals surface area contributed by atoms with Gasteiger partial charge >= 0.3 is 0 Å². The number of nitrogens with zero attached hydrogens (tertiary/aromatic N) is 2. The summed E-state index contributed by atoms with van der Waals surface area (Å²) in [7, 11) is 1.59. The first-order valence-electron chi connectivity index (χ1n) is 7.30. The highest BCUT2D eigenvalue weighted by Crippen LogP contribution is 2.34. The van der Waals surface area contributed by atoms with E-state index in [2.05, 4.69) is 5.32 Å². The summed E-state index contributed by atoms with van der Waals surface area (Å²) in [6, 6.07) is 8.60. The molecule has 0 bridgehead atoms. The highest BCUT2D eigenvalue weighted by molar-refractivity contribution is 5.95. The molecule has 0 radical (unpaired) electrons. The lowest BCUT2D eigenvalue weighted by Crippen LogP contribution is -2.37. The van der Waals surface area contributed by atoms with Crippen molar-refractivity contribution in [3.8, 4) is 6.07 Å². The lowest BCUT2D eigenvalue weighted by Gasteiger charge is -2.22. The molecular weight excluding hydrogens is 282 g/mol. The molecule has 2 amide bonds. The third kappa shape index (κ3) is 2.34. The molecule has 2 aliphatic heterocycles. The zero-order valence-corrected chi connectivity index (χ0v) is 12.3. The Labute approximate surface area is 128 Å². The summed E-state index contributed by atoms with van der Waals surface area (Å²) in [5, 5.41) is 11.6. The van der Waals surface area contributed by atoms with Crippen LogP contribution in [0.1, 0.15) is 22.3 Å². The SMILES string of the molecule is CNC(=O)[C@@H]1CN(C(=O)c2cccc(C#N)c2)[C@H]2CCO[C@@H]12. The molecule has 0 spiro atoms. The highest BCUT2D eigenvalue weighted by atomic mass is 16.5. The normalized spacial score (nSPS) is 26.4. The van der Waals surface area contributed by atoms with E-state index in [1.807, 2.05) is 6.07 Å². The Morgan fingerprint density at radius 1 is 1.45 bits per heavy atom. The van der Waals surface area contributed by atoms with E-state index in [9.17, 15) is 9.59 Å². The zero-order chi connectivity index (χ0) is 15.7. The van der Waals surface area contributed by atoms with Crippen molar-refractivity contribution in [3.05, 3.63) is 35.4 Å². The van der Waals surface area contributed by atoms with Crippen molar-refractivity contribution in [2.75, 3.05) is 20.2 Å². The number of ether oxygens (including phenoxy) is 1. The van der Waals surface area contributed by atoms with Gasteiger partial charge in [0.25, 0.3) is 5.91 Å². The van der Waals surface area contributed by atoms with Crippen molar-refractivity contribution in [1.82, 2.24) is 10.2 Å². The maximum absolute atomic E-state index is 12.7. The van der Waals surface area contributed by atoms with Crippen LogP contribution in [0.4, 0.5) is 0 Å². The van der Waals surface area contributed by atoms with Crippen LogP contribution in [0.15, 0.2) is 24.3 Å². The van der Waals surface area contributed by atoms with Gasteiger partial charge in [0, 0.05) is 25.8 Å². The van der Waals surface area contributed by atoms with Crippen molar-refractivity contribution in [1.29, 1.82) is 5.26 Å². The minimum atomic E-state index is -0.333. The summed E-state index contributed by atoms with van der Waals surface area (Å²) in [6.07, 6.45) is 0.505. The molecule has 2 aliphatic rings. The average molecular weight is 299 g/mol. The van der Waals surface area contributed by atoms with Gasteiger partial charge < -0.3 is 15.0 Å². The molecule has 0 unspecified atom stereocenters. The van der Waals surface area contributed by atoms with E-state index >= 15 is 0 Å². The van der Waals surface area contributed by atoms with Crippen LogP contribution in [-0.4, -0.2) is 49.1 Å². The van der Waals surface area contributed by atoms with Crippen molar-refractivity contribution in [2.45, 2.75) is 18.6 Å². The van der Waals surface area contributed by atoms with Crippen LogP contribution in [0, 0.1) is 17.2 Å². The maximum Gasteiger partial charge on any atom is 0.254 e. The molecule has 2 heterocycles. The fourth-order valence-corrected chi connectivity index (χ4v) is 3.31. The standard InChI is InChI=1S/C16H17N3O3/c1-18-15(20)12-9-19(13-5-6-22-14(12)13)16(21)11-4-2-3-10(7-11)8-17/h2-4,7,12-14H,5-6,9H2,1H3,(H,18,20)/t12-,13+,14+/m1/s1. The number of likely N-dealkylation sites (tertiary alicyclic amines) is 1. The topological polar surface area (TPSA) is 82.4 Å². The molecule has 6 nitrogen and oxygen atoms in total.